The zero-order chi connectivity index (χ0) is 33.4. The lowest BCUT2D eigenvalue weighted by Crippen LogP contribution is -2.27. The number of ether oxygens (including phenoxy) is 2. The van der Waals surface area contributed by atoms with Crippen LogP contribution in [0.3, 0.4) is 0 Å². The van der Waals surface area contributed by atoms with Crippen molar-refractivity contribution < 1.29 is 47.8 Å². The summed E-state index contributed by atoms with van der Waals surface area (Å²) in [5, 5.41) is 19.8. The van der Waals surface area contributed by atoms with E-state index < -0.39 is 58.4 Å². The molecule has 45 heavy (non-hydrogen) atoms. The third-order valence-corrected chi connectivity index (χ3v) is 8.62. The summed E-state index contributed by atoms with van der Waals surface area (Å²) >= 11 is 0. The first-order chi connectivity index (χ1) is 21.7. The number of esters is 2. The van der Waals surface area contributed by atoms with Gasteiger partial charge in [-0.15, -0.1) is 0 Å². The third-order valence-electron chi connectivity index (χ3n) is 7.69. The fourth-order valence-corrected chi connectivity index (χ4v) is 5.66. The fourth-order valence-electron chi connectivity index (χ4n) is 4.88. The predicted octanol–water partition coefficient (Wildman–Crippen LogP) is 7.70. The number of carbonyl (C=O) groups excluding carboxylic acids is 2. The van der Waals surface area contributed by atoms with E-state index in [1.807, 2.05) is 0 Å². The van der Waals surface area contributed by atoms with Crippen molar-refractivity contribution in [2.45, 2.75) is 180 Å². The second-order valence-corrected chi connectivity index (χ2v) is 13.7. The number of phosphoric acid groups is 1. The number of hydrogen-bond donors (Lipinski definition) is 2. The molecule has 0 spiro atoms. The summed E-state index contributed by atoms with van der Waals surface area (Å²) in [6.45, 7) is 2.33. The van der Waals surface area contributed by atoms with Crippen molar-refractivity contribution in [1.29, 1.82) is 0 Å². The van der Waals surface area contributed by atoms with E-state index in [-0.39, 0.29) is 12.8 Å². The zero-order valence-electron chi connectivity index (χ0n) is 28.6. The van der Waals surface area contributed by atoms with Gasteiger partial charge in [0.25, 0.3) is 7.82 Å². The van der Waals surface area contributed by atoms with Crippen LogP contribution in [0.5, 0.6) is 0 Å². The van der Waals surface area contributed by atoms with E-state index >= 15 is 0 Å². The van der Waals surface area contributed by atoms with Crippen LogP contribution < -0.4 is 4.89 Å². The highest BCUT2D eigenvalue weighted by Crippen LogP contribution is 2.38. The smallest absolute Gasteiger partial charge is 0.305 e. The molecule has 0 saturated carbocycles. The van der Waals surface area contributed by atoms with Gasteiger partial charge in [0, 0.05) is 12.8 Å². The Labute approximate surface area is 273 Å². The van der Waals surface area contributed by atoms with Gasteiger partial charge in [-0.3, -0.25) is 14.2 Å². The lowest BCUT2D eigenvalue weighted by atomic mass is 10.1. The monoisotopic (exact) mass is 665 g/mol. The quantitative estimate of drug-likeness (QED) is 0.0397. The SMILES string of the molecule is CCCCCCCCCCCCCC(=O)OC[C@H](O)COP(=O)([O-])OC[C@@H](O)COC(=O)CCCCCCCCCCCCC. The van der Waals surface area contributed by atoms with Crippen molar-refractivity contribution in [2.24, 2.45) is 0 Å². The molecule has 2 atom stereocenters. The number of aliphatic hydroxyl groups is 2. The maximum absolute atomic E-state index is 11.9. The van der Waals surface area contributed by atoms with Crippen LogP contribution in [0.15, 0.2) is 0 Å². The van der Waals surface area contributed by atoms with Gasteiger partial charge in [-0.2, -0.15) is 0 Å². The Balaban J connectivity index is 3.73. The molecule has 0 heterocycles. The molecule has 0 saturated heterocycles. The van der Waals surface area contributed by atoms with Crippen molar-refractivity contribution in [3.05, 3.63) is 0 Å². The van der Waals surface area contributed by atoms with Crippen LogP contribution in [-0.4, -0.2) is 60.8 Å². The van der Waals surface area contributed by atoms with Gasteiger partial charge < -0.3 is 33.6 Å². The molecule has 0 radical (unpaired) electrons. The normalized spacial score (nSPS) is 13.1. The highest BCUT2D eigenvalue weighted by Gasteiger charge is 2.18. The lowest BCUT2D eigenvalue weighted by Gasteiger charge is -2.25. The molecule has 268 valence electrons. The van der Waals surface area contributed by atoms with E-state index in [9.17, 15) is 29.3 Å². The number of hydrogen-bond acceptors (Lipinski definition) is 10. The van der Waals surface area contributed by atoms with Gasteiger partial charge in [-0.1, -0.05) is 142 Å². The van der Waals surface area contributed by atoms with E-state index in [1.54, 1.807) is 0 Å². The molecule has 0 bridgehead atoms. The molecule has 0 aliphatic rings. The zero-order valence-corrected chi connectivity index (χ0v) is 29.5. The van der Waals surface area contributed by atoms with Gasteiger partial charge in [0.1, 0.15) is 25.4 Å². The van der Waals surface area contributed by atoms with Crippen LogP contribution >= 0.6 is 7.82 Å². The van der Waals surface area contributed by atoms with Crippen LogP contribution in [0.2, 0.25) is 0 Å². The molecule has 0 aromatic heterocycles. The maximum atomic E-state index is 11.9. The average molecular weight is 666 g/mol. The Hall–Kier alpha value is -1.03. The van der Waals surface area contributed by atoms with Crippen molar-refractivity contribution in [1.82, 2.24) is 0 Å². The molecule has 0 rings (SSSR count). The number of unbranched alkanes of at least 4 members (excludes halogenated alkanes) is 20. The van der Waals surface area contributed by atoms with Gasteiger partial charge in [0.15, 0.2) is 0 Å². The summed E-state index contributed by atoms with van der Waals surface area (Å²) in [7, 11) is -4.83. The molecule has 0 fully saturated rings. The minimum atomic E-state index is -4.83. The summed E-state index contributed by atoms with van der Waals surface area (Å²) in [5.74, 6) is -0.902. The fraction of sp³-hybridized carbons (Fsp3) is 0.941. The third kappa shape index (κ3) is 32.7. The van der Waals surface area contributed by atoms with E-state index in [4.69, 9.17) is 9.47 Å². The summed E-state index contributed by atoms with van der Waals surface area (Å²) in [6, 6.07) is 0. The predicted molar refractivity (Wildman–Crippen MR) is 176 cm³/mol. The van der Waals surface area contributed by atoms with Crippen LogP contribution in [0.25, 0.3) is 0 Å². The van der Waals surface area contributed by atoms with Gasteiger partial charge in [-0.05, 0) is 12.8 Å². The number of phosphoric ester groups is 1. The standard InChI is InChI=1S/C34H67O10P/c1-3-5-7-9-11-13-15-17-19-21-23-25-33(37)41-27-31(35)29-43-45(39,40)44-30-32(36)28-42-34(38)26-24-22-20-18-16-14-12-10-8-6-4-2/h31-32,35-36H,3-30H2,1-2H3,(H,39,40)/p-1/t31-,32-/m0/s1. The molecule has 10 nitrogen and oxygen atoms in total. The Kier molecular flexibility index (Phi) is 30.8. The molecule has 0 aliphatic heterocycles. The average Bonchev–Trinajstić information content (AvgIpc) is 3.02. The van der Waals surface area contributed by atoms with E-state index in [0.717, 1.165) is 38.5 Å². The van der Waals surface area contributed by atoms with Crippen molar-refractivity contribution in [2.75, 3.05) is 26.4 Å². The Morgan fingerprint density at radius 2 is 0.778 bits per heavy atom. The highest BCUT2D eigenvalue weighted by atomic mass is 31.2. The van der Waals surface area contributed by atoms with Crippen molar-refractivity contribution >= 4 is 19.8 Å². The highest BCUT2D eigenvalue weighted by molar-refractivity contribution is 7.45. The molecular weight excluding hydrogens is 599 g/mol. The van der Waals surface area contributed by atoms with Crippen LogP contribution in [0.1, 0.15) is 168 Å². The summed E-state index contributed by atoms with van der Waals surface area (Å²) in [4.78, 5) is 35.7. The maximum Gasteiger partial charge on any atom is 0.305 e. The molecule has 11 heteroatoms. The Bertz CT molecular complexity index is 680. The van der Waals surface area contributed by atoms with Crippen LogP contribution in [0, 0.1) is 0 Å². The molecule has 0 amide bonds. The molecule has 0 aromatic carbocycles. The Morgan fingerprint density at radius 3 is 1.07 bits per heavy atom. The summed E-state index contributed by atoms with van der Waals surface area (Å²) in [5.41, 5.74) is 0. The summed E-state index contributed by atoms with van der Waals surface area (Å²) in [6.07, 6.45) is 23.6. The topological polar surface area (TPSA) is 152 Å². The minimum Gasteiger partial charge on any atom is -0.756 e. The Morgan fingerprint density at radius 1 is 0.511 bits per heavy atom. The van der Waals surface area contributed by atoms with Gasteiger partial charge in [0.2, 0.25) is 0 Å². The molecule has 0 unspecified atom stereocenters. The largest absolute Gasteiger partial charge is 0.756 e. The first-order valence-electron chi connectivity index (χ1n) is 18.0. The van der Waals surface area contributed by atoms with Gasteiger partial charge >= 0.3 is 11.9 Å². The number of aliphatic hydroxyl groups excluding tert-OH is 2. The first kappa shape index (κ1) is 44.0. The van der Waals surface area contributed by atoms with E-state index in [2.05, 4.69) is 22.9 Å². The van der Waals surface area contributed by atoms with Crippen molar-refractivity contribution in [3.63, 3.8) is 0 Å². The summed E-state index contributed by atoms with van der Waals surface area (Å²) < 4.78 is 31.1. The van der Waals surface area contributed by atoms with Gasteiger partial charge in [0.05, 0.1) is 13.2 Å². The van der Waals surface area contributed by atoms with E-state index in [1.165, 1.54) is 89.9 Å². The second kappa shape index (κ2) is 31.6. The second-order valence-electron chi connectivity index (χ2n) is 12.3. The van der Waals surface area contributed by atoms with Crippen LogP contribution in [-0.2, 0) is 32.7 Å². The minimum absolute atomic E-state index is 0.246. The van der Waals surface area contributed by atoms with Crippen LogP contribution in [0.4, 0.5) is 0 Å². The number of carbonyl (C=O) groups is 2. The number of rotatable bonds is 34. The first-order valence-corrected chi connectivity index (χ1v) is 19.4. The molecule has 0 aromatic rings. The molecule has 0 aliphatic carbocycles. The molecule has 2 N–H and O–H groups in total. The van der Waals surface area contributed by atoms with Gasteiger partial charge in [-0.25, -0.2) is 0 Å². The van der Waals surface area contributed by atoms with E-state index in [0.29, 0.717) is 12.8 Å². The molecular formula is C34H66O10P-. The van der Waals surface area contributed by atoms with Crippen molar-refractivity contribution in [3.8, 4) is 0 Å². The lowest BCUT2D eigenvalue weighted by molar-refractivity contribution is -0.229.